The predicted molar refractivity (Wildman–Crippen MR) is 60.4 cm³/mol. The van der Waals surface area contributed by atoms with E-state index >= 15 is 0 Å². The van der Waals surface area contributed by atoms with Gasteiger partial charge in [-0.1, -0.05) is 0 Å². The molecule has 0 atom stereocenters. The number of rotatable bonds is 3. The number of aromatic nitrogens is 3. The van der Waals surface area contributed by atoms with E-state index in [9.17, 15) is 9.18 Å². The van der Waals surface area contributed by atoms with Crippen LogP contribution in [0.1, 0.15) is 27.3 Å². The molecule has 2 heterocycles. The van der Waals surface area contributed by atoms with Crippen molar-refractivity contribution in [2.75, 3.05) is 0 Å². The van der Waals surface area contributed by atoms with Crippen LogP contribution in [0.15, 0.2) is 18.5 Å². The van der Waals surface area contributed by atoms with E-state index in [0.717, 1.165) is 18.2 Å². The molecule has 4 nitrogen and oxygen atoms in total. The highest BCUT2D eigenvalue weighted by atomic mass is 19.1. The molecule has 5 heteroatoms. The van der Waals surface area contributed by atoms with E-state index in [1.54, 1.807) is 17.8 Å². The van der Waals surface area contributed by atoms with Crippen molar-refractivity contribution in [3.8, 4) is 0 Å². The van der Waals surface area contributed by atoms with Crippen LogP contribution in [0.3, 0.4) is 0 Å². The van der Waals surface area contributed by atoms with Crippen molar-refractivity contribution in [2.24, 2.45) is 0 Å². The van der Waals surface area contributed by atoms with E-state index in [2.05, 4.69) is 10.1 Å². The molecule has 0 N–H and O–H groups in total. The van der Waals surface area contributed by atoms with Crippen molar-refractivity contribution in [1.29, 1.82) is 0 Å². The molecule has 0 radical (unpaired) electrons. The van der Waals surface area contributed by atoms with Crippen molar-refractivity contribution in [1.82, 2.24) is 14.8 Å². The molecule has 2 aromatic heterocycles. The van der Waals surface area contributed by atoms with Crippen molar-refractivity contribution in [3.05, 3.63) is 46.8 Å². The lowest BCUT2D eigenvalue weighted by Gasteiger charge is -2.04. The molecule has 0 unspecified atom stereocenters. The topological polar surface area (TPSA) is 47.8 Å². The summed E-state index contributed by atoms with van der Waals surface area (Å²) in [5.41, 5.74) is 2.77. The maximum absolute atomic E-state index is 13.0. The van der Waals surface area contributed by atoms with Crippen LogP contribution >= 0.6 is 0 Å². The van der Waals surface area contributed by atoms with Crippen molar-refractivity contribution in [3.63, 3.8) is 0 Å². The Morgan fingerprint density at radius 3 is 2.76 bits per heavy atom. The average molecular weight is 233 g/mol. The Hall–Kier alpha value is -2.04. The van der Waals surface area contributed by atoms with Crippen molar-refractivity contribution < 1.29 is 9.18 Å². The molecular formula is C12H12FN3O. The normalized spacial score (nSPS) is 10.5. The summed E-state index contributed by atoms with van der Waals surface area (Å²) in [7, 11) is 0. The first-order valence-corrected chi connectivity index (χ1v) is 5.20. The van der Waals surface area contributed by atoms with E-state index in [-0.39, 0.29) is 5.82 Å². The summed E-state index contributed by atoms with van der Waals surface area (Å²) >= 11 is 0. The second kappa shape index (κ2) is 4.45. The summed E-state index contributed by atoms with van der Waals surface area (Å²) < 4.78 is 14.6. The van der Waals surface area contributed by atoms with Crippen LogP contribution in [0.25, 0.3) is 0 Å². The van der Waals surface area contributed by atoms with Gasteiger partial charge in [-0.15, -0.1) is 0 Å². The number of nitrogens with zero attached hydrogens (tertiary/aromatic N) is 3. The third-order valence-electron chi connectivity index (χ3n) is 2.65. The van der Waals surface area contributed by atoms with Gasteiger partial charge in [0.2, 0.25) is 0 Å². The zero-order chi connectivity index (χ0) is 12.4. The molecule has 0 spiro atoms. The van der Waals surface area contributed by atoms with Gasteiger partial charge in [0.15, 0.2) is 6.29 Å². The highest BCUT2D eigenvalue weighted by Gasteiger charge is 2.10. The summed E-state index contributed by atoms with van der Waals surface area (Å²) in [4.78, 5) is 14.6. The van der Waals surface area contributed by atoms with Crippen LogP contribution in [-0.2, 0) is 6.54 Å². The molecule has 17 heavy (non-hydrogen) atoms. The fourth-order valence-electron chi connectivity index (χ4n) is 1.75. The molecule has 88 valence electrons. The summed E-state index contributed by atoms with van der Waals surface area (Å²) in [5, 5.41) is 4.24. The van der Waals surface area contributed by atoms with Gasteiger partial charge < -0.3 is 0 Å². The molecule has 0 saturated carbocycles. The molecule has 2 aromatic rings. The lowest BCUT2D eigenvalue weighted by Crippen LogP contribution is -2.05. The lowest BCUT2D eigenvalue weighted by molar-refractivity contribution is 0.112. The van der Waals surface area contributed by atoms with E-state index in [4.69, 9.17) is 0 Å². The van der Waals surface area contributed by atoms with Crippen LogP contribution in [0.2, 0.25) is 0 Å². The third kappa shape index (κ3) is 2.22. The minimum atomic E-state index is -0.375. The number of halogens is 1. The second-order valence-electron chi connectivity index (χ2n) is 3.87. The van der Waals surface area contributed by atoms with Gasteiger partial charge in [0, 0.05) is 11.9 Å². The standard InChI is InChI=1S/C12H12FN3O/c1-8-12(7-17)9(2)16(15-8)6-10-3-11(13)5-14-4-10/h3-5,7H,6H2,1-2H3. The van der Waals surface area contributed by atoms with Crippen LogP contribution < -0.4 is 0 Å². The fraction of sp³-hybridized carbons (Fsp3) is 0.250. The van der Waals surface area contributed by atoms with Gasteiger partial charge >= 0.3 is 0 Å². The Morgan fingerprint density at radius 1 is 1.41 bits per heavy atom. The molecule has 2 rings (SSSR count). The lowest BCUT2D eigenvalue weighted by atomic mass is 10.2. The fourth-order valence-corrected chi connectivity index (χ4v) is 1.75. The van der Waals surface area contributed by atoms with E-state index in [1.807, 2.05) is 6.92 Å². The van der Waals surface area contributed by atoms with Crippen LogP contribution in [0.4, 0.5) is 4.39 Å². The van der Waals surface area contributed by atoms with Gasteiger partial charge in [-0.25, -0.2) is 4.39 Å². The number of pyridine rings is 1. The Bertz CT molecular complexity index is 563. The van der Waals surface area contributed by atoms with Crippen LogP contribution in [0.5, 0.6) is 0 Å². The molecular weight excluding hydrogens is 221 g/mol. The monoisotopic (exact) mass is 233 g/mol. The minimum Gasteiger partial charge on any atom is -0.298 e. The van der Waals surface area contributed by atoms with Crippen LogP contribution in [0, 0.1) is 19.7 Å². The van der Waals surface area contributed by atoms with Gasteiger partial charge in [0.25, 0.3) is 0 Å². The van der Waals surface area contributed by atoms with Crippen molar-refractivity contribution in [2.45, 2.75) is 20.4 Å². The van der Waals surface area contributed by atoms with Gasteiger partial charge in [0.1, 0.15) is 5.82 Å². The van der Waals surface area contributed by atoms with E-state index < -0.39 is 0 Å². The van der Waals surface area contributed by atoms with E-state index in [0.29, 0.717) is 23.4 Å². The molecule has 0 aliphatic rings. The van der Waals surface area contributed by atoms with Gasteiger partial charge in [0.05, 0.1) is 24.0 Å². The first kappa shape index (κ1) is 11.4. The van der Waals surface area contributed by atoms with Gasteiger partial charge in [-0.05, 0) is 25.5 Å². The highest BCUT2D eigenvalue weighted by Crippen LogP contribution is 2.12. The number of aryl methyl sites for hydroxylation is 1. The maximum atomic E-state index is 13.0. The second-order valence-corrected chi connectivity index (χ2v) is 3.87. The zero-order valence-electron chi connectivity index (χ0n) is 9.64. The zero-order valence-corrected chi connectivity index (χ0v) is 9.64. The van der Waals surface area contributed by atoms with Gasteiger partial charge in [-0.3, -0.25) is 14.5 Å². The average Bonchev–Trinajstić information content (AvgIpc) is 2.54. The first-order chi connectivity index (χ1) is 8.11. The maximum Gasteiger partial charge on any atom is 0.153 e. The molecule has 0 aliphatic carbocycles. The Kier molecular flexibility index (Phi) is 2.99. The Morgan fingerprint density at radius 2 is 2.18 bits per heavy atom. The highest BCUT2D eigenvalue weighted by molar-refractivity contribution is 5.78. The summed E-state index contributed by atoms with van der Waals surface area (Å²) in [6, 6.07) is 1.41. The number of hydrogen-bond donors (Lipinski definition) is 0. The van der Waals surface area contributed by atoms with Crippen LogP contribution in [-0.4, -0.2) is 21.1 Å². The third-order valence-corrected chi connectivity index (χ3v) is 2.65. The van der Waals surface area contributed by atoms with Gasteiger partial charge in [-0.2, -0.15) is 5.10 Å². The predicted octanol–water partition coefficient (Wildman–Crippen LogP) is 1.89. The largest absolute Gasteiger partial charge is 0.298 e. The summed E-state index contributed by atoms with van der Waals surface area (Å²) in [6.45, 7) is 4.00. The van der Waals surface area contributed by atoms with Crippen molar-refractivity contribution >= 4 is 6.29 Å². The number of aldehydes is 1. The first-order valence-electron chi connectivity index (χ1n) is 5.20. The Labute approximate surface area is 98.1 Å². The summed E-state index contributed by atoms with van der Waals surface area (Å²) in [5.74, 6) is -0.375. The molecule has 0 fully saturated rings. The Balaban J connectivity index is 2.33. The molecule has 0 aliphatic heterocycles. The van der Waals surface area contributed by atoms with E-state index in [1.165, 1.54) is 6.07 Å². The molecule has 0 amide bonds. The SMILES string of the molecule is Cc1nn(Cc2cncc(F)c2)c(C)c1C=O. The number of carbonyl (C=O) groups is 1. The quantitative estimate of drug-likeness (QED) is 0.761. The summed E-state index contributed by atoms with van der Waals surface area (Å²) in [6.07, 6.45) is 3.53. The number of carbonyl (C=O) groups excluding carboxylic acids is 1. The number of hydrogen-bond acceptors (Lipinski definition) is 3. The minimum absolute atomic E-state index is 0.375. The smallest absolute Gasteiger partial charge is 0.153 e. The molecule has 0 bridgehead atoms. The molecule has 0 saturated heterocycles. The molecule has 0 aromatic carbocycles.